The largest absolute Gasteiger partial charge is 0.493 e. The van der Waals surface area contributed by atoms with Crippen molar-refractivity contribution in [2.24, 2.45) is 0 Å². The summed E-state index contributed by atoms with van der Waals surface area (Å²) in [6.07, 6.45) is 4.62. The highest BCUT2D eigenvalue weighted by atomic mass is 32.2. The van der Waals surface area contributed by atoms with Gasteiger partial charge in [-0.05, 0) is 64.4 Å². The van der Waals surface area contributed by atoms with E-state index in [0.29, 0.717) is 17.6 Å². The molecule has 0 aliphatic carbocycles. The fourth-order valence-corrected chi connectivity index (χ4v) is 6.56. The highest BCUT2D eigenvalue weighted by Gasteiger charge is 2.21. The summed E-state index contributed by atoms with van der Waals surface area (Å²) in [4.78, 5) is 17.8. The number of rotatable bonds is 11. The second-order valence-corrected chi connectivity index (χ2v) is 11.2. The van der Waals surface area contributed by atoms with E-state index in [1.54, 1.807) is 36.3 Å². The molecule has 0 amide bonds. The van der Waals surface area contributed by atoms with E-state index < -0.39 is 0 Å². The van der Waals surface area contributed by atoms with Gasteiger partial charge in [0.2, 0.25) is 0 Å². The van der Waals surface area contributed by atoms with E-state index >= 15 is 0 Å². The molecule has 1 saturated heterocycles. The van der Waals surface area contributed by atoms with E-state index in [4.69, 9.17) is 20.2 Å². The second kappa shape index (κ2) is 12.1. The number of nitrogens with zero attached hydrogens (tertiary/aromatic N) is 4. The summed E-state index contributed by atoms with van der Waals surface area (Å²) in [6.45, 7) is 10.2. The Morgan fingerprint density at radius 1 is 1.14 bits per heavy atom. The first-order valence-corrected chi connectivity index (χ1v) is 14.0. The summed E-state index contributed by atoms with van der Waals surface area (Å²) < 4.78 is 11.7. The van der Waals surface area contributed by atoms with E-state index in [-0.39, 0.29) is 5.25 Å². The molecular formula is C26H35N5O2S2. The number of aromatic nitrogens is 3. The van der Waals surface area contributed by atoms with Crippen molar-refractivity contribution in [1.82, 2.24) is 19.9 Å². The van der Waals surface area contributed by atoms with Gasteiger partial charge in [0.1, 0.15) is 17.4 Å². The number of benzene rings is 1. The fourth-order valence-electron chi connectivity index (χ4n) is 4.26. The topological polar surface area (TPSA) is 86.4 Å². The normalized spacial score (nSPS) is 14.9. The van der Waals surface area contributed by atoms with Gasteiger partial charge in [-0.2, -0.15) is 0 Å². The number of nitrogens with two attached hydrogens (primary N) is 1. The monoisotopic (exact) mass is 513 g/mol. The number of methoxy groups -OCH3 is 1. The van der Waals surface area contributed by atoms with Gasteiger partial charge in [0.05, 0.1) is 18.1 Å². The fraction of sp³-hybridized carbons (Fsp3) is 0.500. The molecular weight excluding hydrogens is 478 g/mol. The number of nitrogen functional groups attached to an aromatic ring is 1. The van der Waals surface area contributed by atoms with Crippen LogP contribution in [0.15, 0.2) is 29.4 Å². The molecule has 4 rings (SSSR count). The maximum atomic E-state index is 6.16. The number of likely N-dealkylation sites (tertiary alicyclic amines) is 1. The van der Waals surface area contributed by atoms with Gasteiger partial charge >= 0.3 is 0 Å². The summed E-state index contributed by atoms with van der Waals surface area (Å²) in [6, 6.07) is 7.88. The number of thiazole rings is 1. The average molecular weight is 514 g/mol. The number of aryl methyl sites for hydroxylation is 2. The molecule has 188 valence electrons. The molecule has 3 heterocycles. The van der Waals surface area contributed by atoms with Crippen LogP contribution in [0.5, 0.6) is 11.5 Å². The average Bonchev–Trinajstić information content (AvgIpc) is 3.49. The summed E-state index contributed by atoms with van der Waals surface area (Å²) in [5.41, 5.74) is 8.94. The van der Waals surface area contributed by atoms with Crippen LogP contribution in [0.3, 0.4) is 0 Å². The number of anilines is 1. The maximum Gasteiger partial charge on any atom is 0.190 e. The van der Waals surface area contributed by atoms with Gasteiger partial charge in [0.15, 0.2) is 16.7 Å². The lowest BCUT2D eigenvalue weighted by Gasteiger charge is -2.16. The first kappa shape index (κ1) is 25.7. The predicted octanol–water partition coefficient (Wildman–Crippen LogP) is 5.78. The van der Waals surface area contributed by atoms with E-state index in [9.17, 15) is 0 Å². The molecule has 35 heavy (non-hydrogen) atoms. The summed E-state index contributed by atoms with van der Waals surface area (Å²) in [5.74, 6) is 2.01. The molecule has 1 aromatic carbocycles. The third-order valence-corrected chi connectivity index (χ3v) is 8.15. The lowest BCUT2D eigenvalue weighted by atomic mass is 10.2. The van der Waals surface area contributed by atoms with Crippen LogP contribution in [0.25, 0.3) is 10.6 Å². The van der Waals surface area contributed by atoms with Crippen LogP contribution in [0, 0.1) is 6.92 Å². The summed E-state index contributed by atoms with van der Waals surface area (Å²) in [7, 11) is 1.68. The minimum atomic E-state index is 0.108. The van der Waals surface area contributed by atoms with Gasteiger partial charge in [0.25, 0.3) is 0 Å². The zero-order chi connectivity index (χ0) is 24.8. The van der Waals surface area contributed by atoms with Crippen molar-refractivity contribution in [3.05, 3.63) is 40.5 Å². The van der Waals surface area contributed by atoms with Crippen LogP contribution in [0.2, 0.25) is 0 Å². The van der Waals surface area contributed by atoms with Crippen LogP contribution in [-0.4, -0.2) is 53.2 Å². The van der Waals surface area contributed by atoms with Crippen molar-refractivity contribution in [2.75, 3.05) is 39.1 Å². The highest BCUT2D eigenvalue weighted by Crippen LogP contribution is 2.41. The Hall–Kier alpha value is -2.36. The molecule has 2 aromatic heterocycles. The van der Waals surface area contributed by atoms with E-state index in [0.717, 1.165) is 52.8 Å². The van der Waals surface area contributed by atoms with Gasteiger partial charge in [0, 0.05) is 28.7 Å². The minimum absolute atomic E-state index is 0.108. The number of thioether (sulfide) groups is 1. The molecule has 0 radical (unpaired) electrons. The molecule has 9 heteroatoms. The predicted molar refractivity (Wildman–Crippen MR) is 145 cm³/mol. The van der Waals surface area contributed by atoms with Crippen LogP contribution >= 0.6 is 23.1 Å². The van der Waals surface area contributed by atoms with Crippen molar-refractivity contribution in [1.29, 1.82) is 0 Å². The highest BCUT2D eigenvalue weighted by molar-refractivity contribution is 7.99. The molecule has 2 N–H and O–H groups in total. The van der Waals surface area contributed by atoms with Gasteiger partial charge in [-0.1, -0.05) is 25.1 Å². The zero-order valence-electron chi connectivity index (χ0n) is 21.0. The quantitative estimate of drug-likeness (QED) is 0.255. The summed E-state index contributed by atoms with van der Waals surface area (Å²) >= 11 is 3.35. The van der Waals surface area contributed by atoms with Crippen molar-refractivity contribution >= 4 is 28.9 Å². The van der Waals surface area contributed by atoms with Crippen LogP contribution in [0.4, 0.5) is 5.82 Å². The number of hydrogen-bond donors (Lipinski definition) is 1. The molecule has 1 fully saturated rings. The maximum absolute atomic E-state index is 6.16. The molecule has 0 spiro atoms. The van der Waals surface area contributed by atoms with Gasteiger partial charge in [-0.3, -0.25) is 4.90 Å². The third-order valence-electron chi connectivity index (χ3n) is 6.00. The summed E-state index contributed by atoms with van der Waals surface area (Å²) in [5, 5.41) is 1.79. The smallest absolute Gasteiger partial charge is 0.190 e. The van der Waals surface area contributed by atoms with Crippen LogP contribution in [-0.2, 0) is 6.42 Å². The molecule has 1 aliphatic rings. The zero-order valence-corrected chi connectivity index (χ0v) is 22.7. The lowest BCUT2D eigenvalue weighted by Crippen LogP contribution is -2.25. The van der Waals surface area contributed by atoms with Gasteiger partial charge < -0.3 is 15.2 Å². The van der Waals surface area contributed by atoms with Crippen LogP contribution in [0.1, 0.15) is 54.6 Å². The molecule has 0 bridgehead atoms. The Morgan fingerprint density at radius 2 is 1.94 bits per heavy atom. The molecule has 7 nitrogen and oxygen atoms in total. The Balaban J connectivity index is 1.55. The Bertz CT molecular complexity index is 1110. The van der Waals surface area contributed by atoms with E-state index in [2.05, 4.69) is 40.8 Å². The number of hydrogen-bond acceptors (Lipinski definition) is 9. The SMILES string of the molecule is CCCc1sc(-c2ccc(OC)c(OCCN3CCCC3)c2)nc1C(C)Sc1nc(C)cc(N)n1. The van der Waals surface area contributed by atoms with Crippen LogP contribution < -0.4 is 15.2 Å². The first-order valence-electron chi connectivity index (χ1n) is 12.3. The van der Waals surface area contributed by atoms with Gasteiger partial charge in [-0.15, -0.1) is 11.3 Å². The lowest BCUT2D eigenvalue weighted by molar-refractivity contribution is 0.230. The molecule has 1 atom stereocenters. The molecule has 1 unspecified atom stereocenters. The van der Waals surface area contributed by atoms with Gasteiger partial charge in [-0.25, -0.2) is 15.0 Å². The Kier molecular flexibility index (Phi) is 8.86. The third kappa shape index (κ3) is 6.65. The van der Waals surface area contributed by atoms with E-state index in [1.165, 1.54) is 30.8 Å². The second-order valence-electron chi connectivity index (χ2n) is 8.82. The van der Waals surface area contributed by atoms with Crippen molar-refractivity contribution in [3.63, 3.8) is 0 Å². The Labute approximate surface area is 216 Å². The van der Waals surface area contributed by atoms with E-state index in [1.807, 2.05) is 13.0 Å². The molecule has 0 saturated carbocycles. The Morgan fingerprint density at radius 3 is 2.66 bits per heavy atom. The molecule has 3 aromatic rings. The standard InChI is InChI=1S/C26H35N5O2S2/c1-5-8-22-24(18(3)34-26-28-17(2)15-23(27)29-26)30-25(35-22)19-9-10-20(32-4)21(16-19)33-14-13-31-11-6-7-12-31/h9-10,15-16,18H,5-8,11-14H2,1-4H3,(H2,27,28,29). The first-order chi connectivity index (χ1) is 17.0. The minimum Gasteiger partial charge on any atom is -0.493 e. The van der Waals surface area contributed by atoms with Crippen molar-refractivity contribution in [2.45, 2.75) is 56.9 Å². The van der Waals surface area contributed by atoms with Crippen molar-refractivity contribution in [3.8, 4) is 22.1 Å². The number of ether oxygens (including phenoxy) is 2. The van der Waals surface area contributed by atoms with Crippen molar-refractivity contribution < 1.29 is 9.47 Å². The molecule has 1 aliphatic heterocycles.